The average molecular weight is 392 g/mol. The molecule has 0 radical (unpaired) electrons. The zero-order valence-corrected chi connectivity index (χ0v) is 17.2. The highest BCUT2D eigenvalue weighted by Crippen LogP contribution is 2.38. The molecule has 2 fully saturated rings. The third-order valence-electron chi connectivity index (χ3n) is 6.86. The molecule has 2 saturated heterocycles. The van der Waals surface area contributed by atoms with Gasteiger partial charge in [0.15, 0.2) is 0 Å². The second kappa shape index (κ2) is 7.45. The molecule has 0 spiro atoms. The minimum Gasteiger partial charge on any atom is -0.371 e. The number of hydrogen-bond donors (Lipinski definition) is 0. The molecule has 2 amide bonds. The molecule has 0 aliphatic carbocycles. The van der Waals surface area contributed by atoms with Gasteiger partial charge in [-0.25, -0.2) is 0 Å². The highest BCUT2D eigenvalue weighted by atomic mass is 16.2. The summed E-state index contributed by atoms with van der Waals surface area (Å²) in [6.07, 6.45) is 5.35. The Morgan fingerprint density at radius 1 is 0.931 bits per heavy atom. The SMILES string of the molecule is CCCCN1CCC(N2C(=O)c3cccc4c(N5CCC5)ccc(c34)C2=O)CC1. The van der Waals surface area contributed by atoms with Crippen molar-refractivity contribution in [1.29, 1.82) is 0 Å². The van der Waals surface area contributed by atoms with Crippen LogP contribution in [-0.4, -0.2) is 60.4 Å². The first-order valence-electron chi connectivity index (χ1n) is 11.1. The number of amides is 2. The number of carbonyl (C=O) groups excluding carboxylic acids is 2. The number of hydrogen-bond acceptors (Lipinski definition) is 4. The van der Waals surface area contributed by atoms with Crippen molar-refractivity contribution in [2.45, 2.75) is 45.1 Å². The summed E-state index contributed by atoms with van der Waals surface area (Å²) in [6, 6.07) is 9.93. The molecule has 0 bridgehead atoms. The van der Waals surface area contributed by atoms with Crippen molar-refractivity contribution in [2.75, 3.05) is 37.6 Å². The summed E-state index contributed by atoms with van der Waals surface area (Å²) in [5, 5.41) is 1.89. The lowest BCUT2D eigenvalue weighted by molar-refractivity contribution is 0.0457. The van der Waals surface area contributed by atoms with Crippen LogP contribution in [0.4, 0.5) is 5.69 Å². The number of benzene rings is 2. The summed E-state index contributed by atoms with van der Waals surface area (Å²) in [4.78, 5) is 33.2. The van der Waals surface area contributed by atoms with Crippen molar-refractivity contribution in [3.8, 4) is 0 Å². The van der Waals surface area contributed by atoms with E-state index in [9.17, 15) is 9.59 Å². The van der Waals surface area contributed by atoms with Crippen LogP contribution in [0.3, 0.4) is 0 Å². The van der Waals surface area contributed by atoms with Crippen molar-refractivity contribution in [1.82, 2.24) is 9.80 Å². The summed E-state index contributed by atoms with van der Waals surface area (Å²) >= 11 is 0. The zero-order valence-electron chi connectivity index (χ0n) is 17.2. The molecule has 0 unspecified atom stereocenters. The van der Waals surface area contributed by atoms with Crippen molar-refractivity contribution >= 4 is 28.3 Å². The molecule has 2 aromatic carbocycles. The van der Waals surface area contributed by atoms with Gasteiger partial charge < -0.3 is 9.80 Å². The summed E-state index contributed by atoms with van der Waals surface area (Å²) in [6.45, 7) is 7.35. The molecule has 3 aliphatic heterocycles. The van der Waals surface area contributed by atoms with Crippen molar-refractivity contribution in [2.24, 2.45) is 0 Å². The Bertz CT molecular complexity index is 936. The van der Waals surface area contributed by atoms with E-state index in [1.54, 1.807) is 4.90 Å². The molecule has 3 aliphatic rings. The minimum absolute atomic E-state index is 0.00587. The standard InChI is InChI=1S/C24H29N3O2/c1-2-3-12-25-15-10-17(11-16-25)27-23(28)19-7-4-6-18-21(26-13-5-14-26)9-8-20(22(18)19)24(27)29/h4,6-9,17H,2-3,5,10-16H2,1H3. The Morgan fingerprint density at radius 3 is 2.31 bits per heavy atom. The predicted molar refractivity (Wildman–Crippen MR) is 116 cm³/mol. The van der Waals surface area contributed by atoms with Gasteiger partial charge in [-0.15, -0.1) is 0 Å². The Morgan fingerprint density at radius 2 is 1.66 bits per heavy atom. The molecular weight excluding hydrogens is 362 g/mol. The number of piperidine rings is 1. The smallest absolute Gasteiger partial charge is 0.261 e. The van der Waals surface area contributed by atoms with E-state index in [4.69, 9.17) is 0 Å². The number of carbonyl (C=O) groups is 2. The van der Waals surface area contributed by atoms with Crippen LogP contribution in [0.1, 0.15) is 59.7 Å². The molecule has 3 heterocycles. The molecule has 5 nitrogen and oxygen atoms in total. The summed E-state index contributed by atoms with van der Waals surface area (Å²) in [5.74, 6) is -0.221. The van der Waals surface area contributed by atoms with Crippen LogP contribution in [-0.2, 0) is 0 Å². The van der Waals surface area contributed by atoms with Gasteiger partial charge in [-0.2, -0.15) is 0 Å². The lowest BCUT2D eigenvalue weighted by atomic mass is 9.90. The van der Waals surface area contributed by atoms with E-state index in [1.165, 1.54) is 19.3 Å². The lowest BCUT2D eigenvalue weighted by Gasteiger charge is -2.40. The van der Waals surface area contributed by atoms with Gasteiger partial charge in [0, 0.05) is 59.8 Å². The molecule has 0 saturated carbocycles. The Kier molecular flexibility index (Phi) is 4.78. The topological polar surface area (TPSA) is 43.9 Å². The summed E-state index contributed by atoms with van der Waals surface area (Å²) in [7, 11) is 0. The molecule has 0 aromatic heterocycles. The first-order valence-corrected chi connectivity index (χ1v) is 11.1. The van der Waals surface area contributed by atoms with Gasteiger partial charge in [0.25, 0.3) is 11.8 Å². The van der Waals surface area contributed by atoms with Crippen molar-refractivity contribution < 1.29 is 9.59 Å². The van der Waals surface area contributed by atoms with Gasteiger partial charge in [0.1, 0.15) is 0 Å². The highest BCUT2D eigenvalue weighted by molar-refractivity contribution is 6.27. The normalized spacial score (nSPS) is 20.4. The van der Waals surface area contributed by atoms with E-state index >= 15 is 0 Å². The average Bonchev–Trinajstić information content (AvgIpc) is 2.71. The quantitative estimate of drug-likeness (QED) is 0.725. The maximum Gasteiger partial charge on any atom is 0.261 e. The molecule has 2 aromatic rings. The van der Waals surface area contributed by atoms with Crippen LogP contribution in [0.5, 0.6) is 0 Å². The first-order chi connectivity index (χ1) is 14.2. The number of likely N-dealkylation sites (tertiary alicyclic amines) is 1. The molecule has 152 valence electrons. The molecule has 5 heteroatoms. The van der Waals surface area contributed by atoms with Crippen molar-refractivity contribution in [3.05, 3.63) is 41.5 Å². The van der Waals surface area contributed by atoms with E-state index in [2.05, 4.69) is 28.9 Å². The third-order valence-corrected chi connectivity index (χ3v) is 6.86. The highest BCUT2D eigenvalue weighted by Gasteiger charge is 2.39. The van der Waals surface area contributed by atoms with Crippen molar-refractivity contribution in [3.63, 3.8) is 0 Å². The maximum atomic E-state index is 13.4. The fraction of sp³-hybridized carbons (Fsp3) is 0.500. The zero-order chi connectivity index (χ0) is 20.0. The number of imide groups is 1. The van der Waals surface area contributed by atoms with Crippen LogP contribution in [0, 0.1) is 0 Å². The Hall–Kier alpha value is -2.40. The number of rotatable bonds is 5. The van der Waals surface area contributed by atoms with E-state index in [-0.39, 0.29) is 17.9 Å². The van der Waals surface area contributed by atoms with Gasteiger partial charge in [0.2, 0.25) is 0 Å². The predicted octanol–water partition coefficient (Wildman–Crippen LogP) is 3.91. The van der Waals surface area contributed by atoms with Gasteiger partial charge in [-0.1, -0.05) is 25.5 Å². The molecular formula is C24H29N3O2. The molecule has 0 N–H and O–H groups in total. The number of unbranched alkanes of at least 4 members (excludes halogenated alkanes) is 1. The van der Waals surface area contributed by atoms with Crippen LogP contribution >= 0.6 is 0 Å². The van der Waals surface area contributed by atoms with Crippen LogP contribution in [0.15, 0.2) is 30.3 Å². The monoisotopic (exact) mass is 391 g/mol. The lowest BCUT2D eigenvalue weighted by Crippen LogP contribution is -2.51. The van der Waals surface area contributed by atoms with Crippen LogP contribution < -0.4 is 4.90 Å². The molecule has 29 heavy (non-hydrogen) atoms. The Labute approximate surface area is 172 Å². The number of nitrogens with zero attached hydrogens (tertiary/aromatic N) is 3. The summed E-state index contributed by atoms with van der Waals surface area (Å²) in [5.41, 5.74) is 2.52. The van der Waals surface area contributed by atoms with Gasteiger partial charge in [-0.05, 0) is 50.4 Å². The minimum atomic E-state index is -0.110. The Balaban J connectivity index is 1.46. The fourth-order valence-corrected chi connectivity index (χ4v) is 5.05. The molecule has 0 atom stereocenters. The van der Waals surface area contributed by atoms with Crippen LogP contribution in [0.2, 0.25) is 0 Å². The number of anilines is 1. The summed E-state index contributed by atoms with van der Waals surface area (Å²) < 4.78 is 0. The van der Waals surface area contributed by atoms with Gasteiger partial charge in [-0.3, -0.25) is 14.5 Å². The third kappa shape index (κ3) is 3.03. The van der Waals surface area contributed by atoms with E-state index in [0.717, 1.165) is 62.0 Å². The largest absolute Gasteiger partial charge is 0.371 e. The van der Waals surface area contributed by atoms with E-state index < -0.39 is 0 Å². The van der Waals surface area contributed by atoms with E-state index in [0.29, 0.717) is 11.1 Å². The second-order valence-corrected chi connectivity index (χ2v) is 8.61. The van der Waals surface area contributed by atoms with Crippen LogP contribution in [0.25, 0.3) is 10.8 Å². The molecule has 5 rings (SSSR count). The van der Waals surface area contributed by atoms with Gasteiger partial charge in [0.05, 0.1) is 0 Å². The van der Waals surface area contributed by atoms with E-state index in [1.807, 2.05) is 18.2 Å². The first kappa shape index (κ1) is 18.6. The maximum absolute atomic E-state index is 13.4. The fourth-order valence-electron chi connectivity index (χ4n) is 5.05. The van der Waals surface area contributed by atoms with Gasteiger partial charge >= 0.3 is 0 Å². The second-order valence-electron chi connectivity index (χ2n) is 8.61.